The Morgan fingerprint density at radius 3 is 0.889 bits per heavy atom. The van der Waals surface area contributed by atoms with Crippen molar-refractivity contribution in [2.75, 3.05) is 0 Å². The van der Waals surface area contributed by atoms with Crippen LogP contribution < -0.4 is 0 Å². The molecule has 18 heavy (non-hydrogen) atoms. The molecule has 0 unspecified atom stereocenters. The third-order valence-corrected chi connectivity index (χ3v) is 0.218. The first-order chi connectivity index (χ1) is 8.13. The Balaban J connectivity index is -0.0000000189. The van der Waals surface area contributed by atoms with Crippen LogP contribution in [0.3, 0.4) is 0 Å². The van der Waals surface area contributed by atoms with Gasteiger partial charge < -0.3 is 6.08 Å². The Morgan fingerprint density at radius 2 is 0.889 bits per heavy atom. The molecule has 0 aromatic rings. The van der Waals surface area contributed by atoms with Gasteiger partial charge in [0.05, 0.1) is 6.08 Å². The maximum Gasteiger partial charge on any atom is 0 e. The van der Waals surface area contributed by atoms with Crippen LogP contribution in [0.4, 0.5) is 17.6 Å². The van der Waals surface area contributed by atoms with Crippen molar-refractivity contribution in [2.24, 2.45) is 0 Å². The van der Waals surface area contributed by atoms with Gasteiger partial charge in [-0.25, -0.2) is 17.6 Å². The summed E-state index contributed by atoms with van der Waals surface area (Å²) in [6.45, 7) is 22.5. The predicted octanol–water partition coefficient (Wildman–Crippen LogP) is 1.65. The van der Waals surface area contributed by atoms with Crippen molar-refractivity contribution < 1.29 is 57.9 Å². The molecule has 0 bridgehead atoms. The van der Waals surface area contributed by atoms with Crippen LogP contribution in [0.25, 0.3) is 0 Å². The molecule has 0 heterocycles. The SMILES string of the molecule is FC(F)=[C-]C(F)F.[C-]#[O+].[C-]#[O+].[C-]#[O+].[C-]#[O+].[C-]#[O+].[Mn]. The van der Waals surface area contributed by atoms with E-state index in [0.29, 0.717) is 6.08 Å². The molecule has 0 N–H and O–H groups in total. The second kappa shape index (κ2) is 105. The Hall–Kier alpha value is -1.32. The minimum atomic E-state index is -3.16. The summed E-state index contributed by atoms with van der Waals surface area (Å²) in [5.74, 6) is 0. The largest absolute Gasteiger partial charge is 0 e. The fourth-order valence-corrected chi connectivity index (χ4v) is 0.0825. The van der Waals surface area contributed by atoms with Crippen LogP contribution in [0.2, 0.25) is 0 Å². The first-order valence-electron chi connectivity index (χ1n) is 2.37. The Morgan fingerprint density at radius 1 is 0.722 bits per heavy atom. The molecule has 0 aromatic carbocycles. The van der Waals surface area contributed by atoms with Gasteiger partial charge in [-0.15, -0.1) is 0 Å². The van der Waals surface area contributed by atoms with E-state index >= 15 is 0 Å². The molecule has 0 amide bonds. The molecule has 0 aliphatic rings. The van der Waals surface area contributed by atoms with Gasteiger partial charge in [0.25, 0.3) is 0 Å². The molecular formula is C8HF4MnO5-. The van der Waals surface area contributed by atoms with Crippen LogP contribution in [0, 0.1) is 39.3 Å². The van der Waals surface area contributed by atoms with Crippen molar-refractivity contribution >= 4 is 0 Å². The van der Waals surface area contributed by atoms with Gasteiger partial charge in [-0.2, -0.15) is 0 Å². The van der Waals surface area contributed by atoms with Gasteiger partial charge in [0.2, 0.25) is 0 Å². The van der Waals surface area contributed by atoms with Crippen LogP contribution in [-0.4, -0.2) is 6.43 Å². The van der Waals surface area contributed by atoms with E-state index in [9.17, 15) is 17.6 Å². The van der Waals surface area contributed by atoms with Crippen molar-refractivity contribution in [2.45, 2.75) is 6.43 Å². The second-order valence-electron chi connectivity index (χ2n) is 0.705. The van der Waals surface area contributed by atoms with Gasteiger partial charge >= 0.3 is 56.5 Å². The second-order valence-corrected chi connectivity index (χ2v) is 0.705. The van der Waals surface area contributed by atoms with Gasteiger partial charge in [0, 0.05) is 17.1 Å². The van der Waals surface area contributed by atoms with Crippen molar-refractivity contribution in [1.29, 1.82) is 0 Å². The van der Waals surface area contributed by atoms with Gasteiger partial charge in [-0.05, 0) is 0 Å². The molecule has 0 atom stereocenters. The molecule has 0 spiro atoms. The Kier molecular flexibility index (Phi) is 255. The van der Waals surface area contributed by atoms with E-state index in [1.54, 1.807) is 0 Å². The molecule has 5 nitrogen and oxygen atoms in total. The number of alkyl halides is 2. The zero-order valence-corrected chi connectivity index (χ0v) is 9.19. The number of rotatable bonds is 1. The average Bonchev–Trinajstić information content (AvgIpc) is 2.40. The van der Waals surface area contributed by atoms with Crippen LogP contribution >= 0.6 is 0 Å². The third kappa shape index (κ3) is 383. The van der Waals surface area contributed by atoms with Gasteiger partial charge in [0.1, 0.15) is 6.43 Å². The third-order valence-electron chi connectivity index (χ3n) is 0.218. The van der Waals surface area contributed by atoms with Crippen molar-refractivity contribution in [3.8, 4) is 0 Å². The van der Waals surface area contributed by atoms with Crippen molar-refractivity contribution in [3.63, 3.8) is 0 Å². The predicted molar refractivity (Wildman–Crippen MR) is 34.6 cm³/mol. The van der Waals surface area contributed by atoms with Crippen LogP contribution in [0.5, 0.6) is 0 Å². The van der Waals surface area contributed by atoms with E-state index in [-0.39, 0.29) is 17.1 Å². The molecule has 10 heteroatoms. The fraction of sp³-hybridized carbons (Fsp3) is 0.125. The molecule has 0 saturated carbocycles. The first kappa shape index (κ1) is 43.8. The molecular weight excluding hydrogens is 307 g/mol. The number of allylic oxidation sites excluding steroid dienone is 1. The summed E-state index contributed by atoms with van der Waals surface area (Å²) in [6, 6.07) is 0. The smallest absolute Gasteiger partial charge is 0 e. The molecule has 0 rings (SSSR count). The average molecular weight is 308 g/mol. The van der Waals surface area contributed by atoms with Crippen LogP contribution in [-0.2, 0) is 40.3 Å². The maximum absolute atomic E-state index is 10.7. The summed E-state index contributed by atoms with van der Waals surface area (Å²) >= 11 is 0. The Labute approximate surface area is 110 Å². The van der Waals surface area contributed by atoms with E-state index < -0.39 is 12.5 Å². The van der Waals surface area contributed by atoms with Gasteiger partial charge in [-0.1, -0.05) is 0 Å². The summed E-state index contributed by atoms with van der Waals surface area (Å²) in [7, 11) is 0. The van der Waals surface area contributed by atoms with Crippen LogP contribution in [0.15, 0.2) is 6.08 Å². The minimum absolute atomic E-state index is 0. The zero-order valence-electron chi connectivity index (χ0n) is 8.01. The summed E-state index contributed by atoms with van der Waals surface area (Å²) in [5.41, 5.74) is 0. The molecule has 0 fully saturated rings. The summed E-state index contributed by atoms with van der Waals surface area (Å²) in [4.78, 5) is 0. The molecule has 1 radical (unpaired) electrons. The van der Waals surface area contributed by atoms with E-state index in [0.717, 1.165) is 0 Å². The quantitative estimate of drug-likeness (QED) is 0.304. The summed E-state index contributed by atoms with van der Waals surface area (Å²) in [5, 5.41) is 0. The van der Waals surface area contributed by atoms with E-state index in [1.165, 1.54) is 0 Å². The number of hydrogen-bond donors (Lipinski definition) is 0. The molecule has 0 aliphatic heterocycles. The number of hydrogen-bond acceptors (Lipinski definition) is 0. The topological polar surface area (TPSA) is 99.5 Å². The summed E-state index contributed by atoms with van der Waals surface area (Å²) < 4.78 is 80.1. The van der Waals surface area contributed by atoms with Crippen molar-refractivity contribution in [1.82, 2.24) is 0 Å². The minimum Gasteiger partial charge on any atom is 0 e. The fourth-order valence-electron chi connectivity index (χ4n) is 0.0825. The molecule has 0 aliphatic carbocycles. The van der Waals surface area contributed by atoms with Gasteiger partial charge in [0.15, 0.2) is 0 Å². The van der Waals surface area contributed by atoms with E-state index in [2.05, 4.69) is 33.3 Å². The normalized spacial score (nSPS) is 4.17. The maximum atomic E-state index is 10.7. The number of halogens is 4. The first-order valence-corrected chi connectivity index (χ1v) is 2.37. The van der Waals surface area contributed by atoms with E-state index in [4.69, 9.17) is 23.3 Å². The Bertz CT molecular complexity index is 205. The van der Waals surface area contributed by atoms with Crippen molar-refractivity contribution in [3.05, 3.63) is 45.4 Å². The molecule has 0 aromatic heterocycles. The van der Waals surface area contributed by atoms with Gasteiger partial charge in [-0.3, -0.25) is 0 Å². The standard InChI is InChI=1S/C3HF4.5CO.Mn/c4-2(5)1-3(6)7;5*1-2;/h2H;;;;;;/q-1;;;;;;. The summed E-state index contributed by atoms with van der Waals surface area (Å²) in [6.07, 6.45) is -5.07. The molecule has 99 valence electrons. The zero-order chi connectivity index (χ0) is 15.9. The van der Waals surface area contributed by atoms with Crippen LogP contribution in [0.1, 0.15) is 0 Å². The monoisotopic (exact) mass is 308 g/mol. The molecule has 0 saturated heterocycles. The van der Waals surface area contributed by atoms with E-state index in [1.807, 2.05) is 0 Å².